The van der Waals surface area contributed by atoms with Gasteiger partial charge in [0.15, 0.2) is 0 Å². The Morgan fingerprint density at radius 1 is 1.14 bits per heavy atom. The van der Waals surface area contributed by atoms with Crippen LogP contribution in [0.15, 0.2) is 35.4 Å². The van der Waals surface area contributed by atoms with Crippen molar-refractivity contribution in [2.24, 2.45) is 0 Å². The Morgan fingerprint density at radius 2 is 1.95 bits per heavy atom. The molecule has 0 unspecified atom stereocenters. The summed E-state index contributed by atoms with van der Waals surface area (Å²) in [4.78, 5) is 10.3. The van der Waals surface area contributed by atoms with Gasteiger partial charge in [0.2, 0.25) is 5.78 Å². The van der Waals surface area contributed by atoms with Crippen molar-refractivity contribution >= 4 is 23.2 Å². The van der Waals surface area contributed by atoms with Gasteiger partial charge in [-0.05, 0) is 44.5 Å². The summed E-state index contributed by atoms with van der Waals surface area (Å²) >= 11 is 1.76. The number of rotatable bonds is 3. The molecule has 0 aliphatic rings. The van der Waals surface area contributed by atoms with Crippen molar-refractivity contribution in [1.29, 1.82) is 0 Å². The summed E-state index contributed by atoms with van der Waals surface area (Å²) in [6.45, 7) is 6.16. The zero-order valence-corrected chi connectivity index (χ0v) is 13.2. The summed E-state index contributed by atoms with van der Waals surface area (Å²) in [5.41, 5.74) is 11.1. The first kappa shape index (κ1) is 13.9. The Bertz CT molecular complexity index is 807. The molecule has 0 amide bonds. The average molecular weight is 298 g/mol. The third-order valence-electron chi connectivity index (χ3n) is 3.40. The Kier molecular flexibility index (Phi) is 3.59. The van der Waals surface area contributed by atoms with Crippen LogP contribution in [0.3, 0.4) is 0 Å². The van der Waals surface area contributed by atoms with Crippen molar-refractivity contribution in [3.8, 4) is 0 Å². The van der Waals surface area contributed by atoms with Gasteiger partial charge < -0.3 is 5.73 Å². The molecule has 3 rings (SSSR count). The Hall–Kier alpha value is -2.01. The van der Waals surface area contributed by atoms with Gasteiger partial charge in [0.1, 0.15) is 0 Å². The average Bonchev–Trinajstić information content (AvgIpc) is 2.83. The van der Waals surface area contributed by atoms with Gasteiger partial charge in [-0.25, -0.2) is 9.97 Å². The number of hydrogen-bond acceptors (Lipinski definition) is 4. The van der Waals surface area contributed by atoms with Crippen molar-refractivity contribution in [3.63, 3.8) is 0 Å². The third kappa shape index (κ3) is 2.88. The van der Waals surface area contributed by atoms with Crippen LogP contribution in [-0.2, 0) is 5.75 Å². The van der Waals surface area contributed by atoms with Crippen LogP contribution in [0.1, 0.15) is 22.6 Å². The van der Waals surface area contributed by atoms with Crippen molar-refractivity contribution in [3.05, 3.63) is 53.1 Å². The van der Waals surface area contributed by atoms with E-state index >= 15 is 0 Å². The van der Waals surface area contributed by atoms with Gasteiger partial charge in [0, 0.05) is 33.9 Å². The molecule has 2 aromatic heterocycles. The molecule has 108 valence electrons. The molecule has 3 aromatic rings. The minimum absolute atomic E-state index is 0.771. The summed E-state index contributed by atoms with van der Waals surface area (Å²) in [5, 5.41) is 0. The monoisotopic (exact) mass is 298 g/mol. The number of anilines is 1. The van der Waals surface area contributed by atoms with Crippen molar-refractivity contribution < 1.29 is 0 Å². The van der Waals surface area contributed by atoms with E-state index in [4.69, 9.17) is 5.73 Å². The minimum atomic E-state index is 0.771. The smallest absolute Gasteiger partial charge is 0.234 e. The molecule has 0 saturated heterocycles. The van der Waals surface area contributed by atoms with Crippen LogP contribution < -0.4 is 5.73 Å². The lowest BCUT2D eigenvalue weighted by molar-refractivity contribution is 1.01. The van der Waals surface area contributed by atoms with Gasteiger partial charge in [-0.15, -0.1) is 11.8 Å². The lowest BCUT2D eigenvalue weighted by Crippen LogP contribution is -1.94. The van der Waals surface area contributed by atoms with E-state index in [0.29, 0.717) is 0 Å². The SMILES string of the molecule is Cc1cc(C)n2cc(CSc3cc(N)ccc3C)nc2n1. The highest BCUT2D eigenvalue weighted by Crippen LogP contribution is 2.27. The summed E-state index contributed by atoms with van der Waals surface area (Å²) in [6, 6.07) is 8.06. The topological polar surface area (TPSA) is 56.2 Å². The van der Waals surface area contributed by atoms with Crippen molar-refractivity contribution in [1.82, 2.24) is 14.4 Å². The lowest BCUT2D eigenvalue weighted by atomic mass is 10.2. The number of nitrogen functional groups attached to an aromatic ring is 1. The van der Waals surface area contributed by atoms with Gasteiger partial charge in [-0.3, -0.25) is 4.40 Å². The van der Waals surface area contributed by atoms with Gasteiger partial charge >= 0.3 is 0 Å². The highest BCUT2D eigenvalue weighted by molar-refractivity contribution is 7.98. The van der Waals surface area contributed by atoms with E-state index in [0.717, 1.165) is 34.3 Å². The first-order valence-corrected chi connectivity index (χ1v) is 7.82. The maximum absolute atomic E-state index is 5.85. The second-order valence-corrected chi connectivity index (χ2v) is 6.27. The van der Waals surface area contributed by atoms with Gasteiger partial charge in [-0.1, -0.05) is 6.07 Å². The van der Waals surface area contributed by atoms with E-state index in [1.165, 1.54) is 10.5 Å². The largest absolute Gasteiger partial charge is 0.399 e. The molecule has 0 aliphatic carbocycles. The summed E-state index contributed by atoms with van der Waals surface area (Å²) in [5.74, 6) is 1.58. The predicted octanol–water partition coefficient (Wildman–Crippen LogP) is 3.53. The molecule has 21 heavy (non-hydrogen) atoms. The highest BCUT2D eigenvalue weighted by atomic mass is 32.2. The van der Waals surface area contributed by atoms with Crippen LogP contribution in [0.2, 0.25) is 0 Å². The maximum atomic E-state index is 5.85. The number of thioether (sulfide) groups is 1. The van der Waals surface area contributed by atoms with Crippen molar-refractivity contribution in [2.75, 3.05) is 5.73 Å². The molecule has 2 heterocycles. The molecular formula is C16H18N4S. The molecule has 5 heteroatoms. The molecule has 0 atom stereocenters. The number of aryl methyl sites for hydroxylation is 3. The van der Waals surface area contributed by atoms with Crippen LogP contribution in [0.5, 0.6) is 0 Å². The van der Waals surface area contributed by atoms with Gasteiger partial charge in [0.05, 0.1) is 5.69 Å². The Labute approximate surface area is 128 Å². The molecule has 0 bridgehead atoms. The molecule has 0 radical (unpaired) electrons. The number of imidazole rings is 1. The minimum Gasteiger partial charge on any atom is -0.399 e. The van der Waals surface area contributed by atoms with E-state index in [1.807, 2.05) is 23.5 Å². The Balaban J connectivity index is 1.85. The van der Waals surface area contributed by atoms with E-state index in [9.17, 15) is 0 Å². The molecule has 0 spiro atoms. The van der Waals surface area contributed by atoms with E-state index < -0.39 is 0 Å². The number of nitrogens with zero attached hydrogens (tertiary/aromatic N) is 3. The molecule has 2 N–H and O–H groups in total. The normalized spacial score (nSPS) is 11.2. The molecule has 0 fully saturated rings. The summed E-state index contributed by atoms with van der Waals surface area (Å²) in [6.07, 6.45) is 2.06. The zero-order chi connectivity index (χ0) is 15.0. The fourth-order valence-electron chi connectivity index (χ4n) is 2.31. The van der Waals surface area contributed by atoms with Gasteiger partial charge in [0.25, 0.3) is 0 Å². The summed E-state index contributed by atoms with van der Waals surface area (Å²) < 4.78 is 2.04. The molecule has 1 aromatic carbocycles. The van der Waals surface area contributed by atoms with Crippen LogP contribution in [0, 0.1) is 20.8 Å². The van der Waals surface area contributed by atoms with E-state index in [2.05, 4.69) is 42.1 Å². The number of nitrogens with two attached hydrogens (primary N) is 1. The molecule has 0 saturated carbocycles. The third-order valence-corrected chi connectivity index (χ3v) is 4.59. The van der Waals surface area contributed by atoms with Gasteiger partial charge in [-0.2, -0.15) is 0 Å². The standard InChI is InChI=1S/C16H18N4S/c1-10-4-5-13(17)7-15(10)21-9-14-8-20-12(3)6-11(2)18-16(20)19-14/h4-8H,9,17H2,1-3H3. The molecule has 0 aliphatic heterocycles. The fraction of sp³-hybridized carbons (Fsp3) is 0.250. The van der Waals surface area contributed by atoms with Crippen LogP contribution in [0.4, 0.5) is 5.69 Å². The lowest BCUT2D eigenvalue weighted by Gasteiger charge is -2.05. The Morgan fingerprint density at radius 3 is 2.76 bits per heavy atom. The van der Waals surface area contributed by atoms with E-state index in [-0.39, 0.29) is 0 Å². The molecular weight excluding hydrogens is 280 g/mol. The first-order chi connectivity index (χ1) is 10.0. The number of fused-ring (bicyclic) bond motifs is 1. The number of aromatic nitrogens is 3. The quantitative estimate of drug-likeness (QED) is 0.593. The van der Waals surface area contributed by atoms with E-state index in [1.54, 1.807) is 11.8 Å². The first-order valence-electron chi connectivity index (χ1n) is 6.84. The number of hydrogen-bond donors (Lipinski definition) is 1. The second-order valence-electron chi connectivity index (χ2n) is 5.25. The summed E-state index contributed by atoms with van der Waals surface area (Å²) in [7, 11) is 0. The van der Waals surface area contributed by atoms with Crippen molar-refractivity contribution in [2.45, 2.75) is 31.4 Å². The predicted molar refractivity (Wildman–Crippen MR) is 87.6 cm³/mol. The van der Waals surface area contributed by atoms with Crippen LogP contribution in [-0.4, -0.2) is 14.4 Å². The second kappa shape index (κ2) is 5.41. The zero-order valence-electron chi connectivity index (χ0n) is 12.4. The fourth-order valence-corrected chi connectivity index (χ4v) is 3.27. The molecule has 4 nitrogen and oxygen atoms in total. The maximum Gasteiger partial charge on any atom is 0.234 e. The van der Waals surface area contributed by atoms with Crippen LogP contribution >= 0.6 is 11.8 Å². The number of benzene rings is 1. The van der Waals surface area contributed by atoms with Crippen LogP contribution in [0.25, 0.3) is 5.78 Å². The highest BCUT2D eigenvalue weighted by Gasteiger charge is 2.07.